The van der Waals surface area contributed by atoms with E-state index in [4.69, 9.17) is 5.14 Å². The number of hydrogen-bond acceptors (Lipinski definition) is 5. The number of carbonyl (C=O) groups excluding carboxylic acids is 1. The minimum atomic E-state index is -3.93. The third-order valence-corrected chi connectivity index (χ3v) is 6.18. The Bertz CT molecular complexity index is 810. The second-order valence-corrected chi connectivity index (χ2v) is 8.34. The van der Waals surface area contributed by atoms with Gasteiger partial charge in [-0.25, -0.2) is 5.14 Å². The molecule has 132 valence electrons. The van der Waals surface area contributed by atoms with Gasteiger partial charge in [0.15, 0.2) is 5.78 Å². The number of Topliss-reactive ketones (excluding diaryl/α,β-unsaturated/α-hetero) is 1. The summed E-state index contributed by atoms with van der Waals surface area (Å²) >= 11 is 0. The highest BCUT2D eigenvalue weighted by molar-refractivity contribution is 7.84. The summed E-state index contributed by atoms with van der Waals surface area (Å²) in [5.41, 5.74) is 2.82. The molecule has 0 aromatic carbocycles. The quantitative estimate of drug-likeness (QED) is 0.731. The number of carbonyl (C=O) groups is 1. The Hall–Kier alpha value is -1.28. The minimum absolute atomic E-state index is 0.00801. The van der Waals surface area contributed by atoms with Crippen molar-refractivity contribution in [1.29, 1.82) is 0 Å². The predicted molar refractivity (Wildman–Crippen MR) is 89.1 cm³/mol. The van der Waals surface area contributed by atoms with E-state index in [1.54, 1.807) is 6.92 Å². The van der Waals surface area contributed by atoms with Gasteiger partial charge in [0.25, 0.3) is 0 Å². The molecule has 0 heterocycles. The standard InChI is InChI=1S/C17H23NO5S/c1-10-9-13-14(12(10)5-4-8-23-24(18,21)22)11(2)17(6-7-17)16(3,20)15(13)19/h9,20H,4-8H2,1-3H3,(H2,18,21,22). The highest BCUT2D eigenvalue weighted by atomic mass is 32.2. The summed E-state index contributed by atoms with van der Waals surface area (Å²) in [5, 5.41) is 15.6. The zero-order valence-electron chi connectivity index (χ0n) is 14.2. The third-order valence-electron chi connectivity index (χ3n) is 5.69. The number of fused-ring (bicyclic) bond motifs is 1. The van der Waals surface area contributed by atoms with Crippen molar-refractivity contribution in [2.45, 2.75) is 52.1 Å². The fourth-order valence-corrected chi connectivity index (χ4v) is 4.51. The molecule has 3 N–H and O–H groups in total. The smallest absolute Gasteiger partial charge is 0.333 e. The van der Waals surface area contributed by atoms with E-state index in [1.807, 2.05) is 19.9 Å². The molecule has 1 unspecified atom stereocenters. The number of aliphatic hydroxyl groups is 1. The van der Waals surface area contributed by atoms with Gasteiger partial charge < -0.3 is 5.11 Å². The van der Waals surface area contributed by atoms with Crippen LogP contribution in [0.15, 0.2) is 33.9 Å². The average Bonchev–Trinajstić information content (AvgIpc) is 3.21. The van der Waals surface area contributed by atoms with Gasteiger partial charge >= 0.3 is 10.3 Å². The predicted octanol–water partition coefficient (Wildman–Crippen LogP) is 1.67. The molecular formula is C17H23NO5S. The van der Waals surface area contributed by atoms with Crippen molar-refractivity contribution in [3.8, 4) is 0 Å². The lowest BCUT2D eigenvalue weighted by Gasteiger charge is -2.39. The molecule has 1 fully saturated rings. The van der Waals surface area contributed by atoms with Gasteiger partial charge in [-0.2, -0.15) is 8.42 Å². The summed E-state index contributed by atoms with van der Waals surface area (Å²) in [6, 6.07) is 0. The molecule has 1 atom stereocenters. The highest BCUT2D eigenvalue weighted by Crippen LogP contribution is 2.65. The van der Waals surface area contributed by atoms with E-state index in [0.717, 1.165) is 35.1 Å². The first-order valence-corrected chi connectivity index (χ1v) is 9.56. The number of hydrogen-bond donors (Lipinski definition) is 2. The summed E-state index contributed by atoms with van der Waals surface area (Å²) in [5.74, 6) is -0.212. The molecule has 6 nitrogen and oxygen atoms in total. The number of allylic oxidation sites excluding steroid dienone is 4. The molecule has 1 spiro atoms. The van der Waals surface area contributed by atoms with Crippen molar-refractivity contribution >= 4 is 16.1 Å². The molecular weight excluding hydrogens is 330 g/mol. The van der Waals surface area contributed by atoms with Crippen molar-refractivity contribution < 1.29 is 22.5 Å². The Labute approximate surface area is 142 Å². The van der Waals surface area contributed by atoms with Crippen LogP contribution in [0.1, 0.15) is 46.5 Å². The van der Waals surface area contributed by atoms with Crippen molar-refractivity contribution in [3.05, 3.63) is 33.9 Å². The maximum absolute atomic E-state index is 12.8. The highest BCUT2D eigenvalue weighted by Gasteiger charge is 2.64. The largest absolute Gasteiger partial charge is 0.381 e. The third kappa shape index (κ3) is 2.50. The summed E-state index contributed by atoms with van der Waals surface area (Å²) < 4.78 is 26.2. The number of rotatable bonds is 5. The summed E-state index contributed by atoms with van der Waals surface area (Å²) in [4.78, 5) is 12.8. The molecule has 0 aromatic heterocycles. The molecule has 0 saturated heterocycles. The van der Waals surface area contributed by atoms with E-state index in [9.17, 15) is 18.3 Å². The monoisotopic (exact) mass is 353 g/mol. The van der Waals surface area contributed by atoms with Crippen LogP contribution in [-0.2, 0) is 19.3 Å². The Balaban J connectivity index is 1.87. The van der Waals surface area contributed by atoms with Gasteiger partial charge in [0.05, 0.1) is 6.61 Å². The normalized spacial score (nSPS) is 28.5. The van der Waals surface area contributed by atoms with Gasteiger partial charge in [-0.3, -0.25) is 8.98 Å². The summed E-state index contributed by atoms with van der Waals surface area (Å²) in [6.45, 7) is 5.56. The van der Waals surface area contributed by atoms with Crippen molar-refractivity contribution in [3.63, 3.8) is 0 Å². The molecule has 0 amide bonds. The van der Waals surface area contributed by atoms with Gasteiger partial charge in [-0.1, -0.05) is 5.57 Å². The number of ketones is 1. The van der Waals surface area contributed by atoms with Crippen LogP contribution in [0, 0.1) is 5.41 Å². The molecule has 0 bridgehead atoms. The topological polar surface area (TPSA) is 107 Å². The zero-order chi connectivity index (χ0) is 17.9. The molecule has 1 saturated carbocycles. The maximum Gasteiger partial charge on any atom is 0.333 e. The van der Waals surface area contributed by atoms with Crippen LogP contribution in [0.4, 0.5) is 0 Å². The van der Waals surface area contributed by atoms with Gasteiger partial charge in [0.2, 0.25) is 0 Å². The van der Waals surface area contributed by atoms with E-state index < -0.39 is 21.3 Å². The Morgan fingerprint density at radius 2 is 1.96 bits per heavy atom. The van der Waals surface area contributed by atoms with E-state index in [0.29, 0.717) is 18.4 Å². The van der Waals surface area contributed by atoms with E-state index >= 15 is 0 Å². The Morgan fingerprint density at radius 3 is 2.50 bits per heavy atom. The fraction of sp³-hybridized carbons (Fsp3) is 0.588. The summed E-state index contributed by atoms with van der Waals surface area (Å²) in [7, 11) is -3.93. The first-order valence-electron chi connectivity index (χ1n) is 8.09. The van der Waals surface area contributed by atoms with Crippen LogP contribution < -0.4 is 5.14 Å². The minimum Gasteiger partial charge on any atom is -0.381 e. The lowest BCUT2D eigenvalue weighted by Crippen LogP contribution is -2.49. The van der Waals surface area contributed by atoms with Crippen LogP contribution in [0.25, 0.3) is 0 Å². The first-order chi connectivity index (χ1) is 11.0. The van der Waals surface area contributed by atoms with Crippen LogP contribution in [0.3, 0.4) is 0 Å². The second kappa shape index (κ2) is 5.36. The van der Waals surface area contributed by atoms with Crippen LogP contribution >= 0.6 is 0 Å². The molecule has 7 heteroatoms. The maximum atomic E-state index is 12.8. The van der Waals surface area contributed by atoms with Crippen molar-refractivity contribution in [2.75, 3.05) is 6.61 Å². The van der Waals surface area contributed by atoms with Gasteiger partial charge in [-0.15, -0.1) is 0 Å². The van der Waals surface area contributed by atoms with Gasteiger partial charge in [0.1, 0.15) is 5.60 Å². The van der Waals surface area contributed by atoms with Crippen molar-refractivity contribution in [1.82, 2.24) is 0 Å². The summed E-state index contributed by atoms with van der Waals surface area (Å²) in [6.07, 6.45) is 4.54. The van der Waals surface area contributed by atoms with E-state index in [2.05, 4.69) is 4.18 Å². The molecule has 3 aliphatic carbocycles. The van der Waals surface area contributed by atoms with Gasteiger partial charge in [0, 0.05) is 11.0 Å². The van der Waals surface area contributed by atoms with E-state index in [-0.39, 0.29) is 12.4 Å². The Morgan fingerprint density at radius 1 is 1.33 bits per heavy atom. The second-order valence-electron chi connectivity index (χ2n) is 7.12. The lowest BCUT2D eigenvalue weighted by molar-refractivity contribution is -0.137. The number of nitrogens with two attached hydrogens (primary N) is 1. The molecule has 3 rings (SSSR count). The van der Waals surface area contributed by atoms with Crippen LogP contribution in [0.2, 0.25) is 0 Å². The fourth-order valence-electron chi connectivity index (χ4n) is 4.16. The molecule has 3 aliphatic rings. The average molecular weight is 353 g/mol. The van der Waals surface area contributed by atoms with Crippen molar-refractivity contribution in [2.24, 2.45) is 10.6 Å². The Kier molecular flexibility index (Phi) is 3.92. The molecule has 0 radical (unpaired) electrons. The lowest BCUT2D eigenvalue weighted by atomic mass is 9.67. The van der Waals surface area contributed by atoms with E-state index in [1.165, 1.54) is 0 Å². The first kappa shape index (κ1) is 17.5. The van der Waals surface area contributed by atoms with Crippen LogP contribution in [-0.4, -0.2) is 31.5 Å². The van der Waals surface area contributed by atoms with Crippen LogP contribution in [0.5, 0.6) is 0 Å². The van der Waals surface area contributed by atoms with Gasteiger partial charge in [-0.05, 0) is 69.2 Å². The SMILES string of the molecule is CC1=C(CCCOS(N)(=O)=O)C2=C(C)C3(CC3)C(C)(O)C(=O)C2=C1. The zero-order valence-corrected chi connectivity index (χ0v) is 15.0. The molecule has 24 heavy (non-hydrogen) atoms. The molecule has 0 aliphatic heterocycles. The molecule has 0 aromatic rings.